The van der Waals surface area contributed by atoms with Crippen molar-refractivity contribution < 1.29 is 23.2 Å². The van der Waals surface area contributed by atoms with E-state index >= 15 is 0 Å². The lowest BCUT2D eigenvalue weighted by atomic mass is 9.88. The van der Waals surface area contributed by atoms with Crippen molar-refractivity contribution in [3.63, 3.8) is 0 Å². The highest BCUT2D eigenvalue weighted by atomic mass is 19.3. The monoisotopic (exact) mass is 406 g/mol. The summed E-state index contributed by atoms with van der Waals surface area (Å²) < 4.78 is 26.8. The number of amides is 3. The zero-order valence-corrected chi connectivity index (χ0v) is 16.0. The number of likely N-dealkylation sites (tertiary alicyclic amines) is 1. The fraction of sp³-hybridized carbons (Fsp3) is 0.550. The predicted octanol–water partition coefficient (Wildman–Crippen LogP) is 0.863. The normalized spacial score (nSPS) is 27.7. The maximum atomic E-state index is 13.4. The SMILES string of the molecule is NCC1(C(F)F)CCN(Cc2ccc3c(c2)C(=O)N(C2CCC(=O)NC2=O)C3)C1. The maximum Gasteiger partial charge on any atom is 0.255 e. The molecule has 0 radical (unpaired) electrons. The Bertz CT molecular complexity index is 862. The van der Waals surface area contributed by atoms with E-state index in [-0.39, 0.29) is 31.3 Å². The topological polar surface area (TPSA) is 95.7 Å². The van der Waals surface area contributed by atoms with Gasteiger partial charge in [0.1, 0.15) is 6.04 Å². The number of alkyl halides is 2. The van der Waals surface area contributed by atoms with Gasteiger partial charge in [-0.2, -0.15) is 0 Å². The fourth-order valence-corrected chi connectivity index (χ4v) is 4.51. The molecule has 1 aromatic carbocycles. The molecule has 0 saturated carbocycles. The largest absolute Gasteiger partial charge is 0.330 e. The van der Waals surface area contributed by atoms with Crippen LogP contribution in [-0.2, 0) is 22.7 Å². The van der Waals surface area contributed by atoms with Gasteiger partial charge in [0, 0.05) is 38.2 Å². The molecule has 29 heavy (non-hydrogen) atoms. The van der Waals surface area contributed by atoms with Crippen LogP contribution in [0.25, 0.3) is 0 Å². The van der Waals surface area contributed by atoms with Crippen LogP contribution < -0.4 is 11.1 Å². The lowest BCUT2D eigenvalue weighted by molar-refractivity contribution is -0.136. The van der Waals surface area contributed by atoms with Crippen LogP contribution in [0.4, 0.5) is 8.78 Å². The van der Waals surface area contributed by atoms with Crippen LogP contribution in [0.5, 0.6) is 0 Å². The van der Waals surface area contributed by atoms with Crippen molar-refractivity contribution in [2.24, 2.45) is 11.1 Å². The Labute approximate surface area is 167 Å². The van der Waals surface area contributed by atoms with Gasteiger partial charge in [-0.3, -0.25) is 24.6 Å². The van der Waals surface area contributed by atoms with Crippen molar-refractivity contribution in [3.05, 3.63) is 34.9 Å². The zero-order chi connectivity index (χ0) is 20.8. The molecule has 3 aliphatic rings. The number of benzene rings is 1. The highest BCUT2D eigenvalue weighted by Crippen LogP contribution is 2.36. The Balaban J connectivity index is 1.46. The molecule has 7 nitrogen and oxygen atoms in total. The van der Waals surface area contributed by atoms with Crippen LogP contribution in [0.2, 0.25) is 0 Å². The molecule has 0 aromatic heterocycles. The minimum absolute atomic E-state index is 0.0508. The number of carbonyl (C=O) groups excluding carboxylic acids is 3. The van der Waals surface area contributed by atoms with Gasteiger partial charge in [0.2, 0.25) is 18.2 Å². The van der Waals surface area contributed by atoms with Crippen molar-refractivity contribution in [1.82, 2.24) is 15.1 Å². The standard InChI is InChI=1S/C20H24F2N4O3/c21-19(22)20(10-23)5-6-25(11-20)8-12-1-2-13-9-26(18(29)14(13)7-12)15-3-4-16(27)24-17(15)28/h1-2,7,15,19H,3-6,8-11,23H2,(H,24,27,28). The third-order valence-electron chi connectivity index (χ3n) is 6.33. The Morgan fingerprint density at radius 3 is 2.72 bits per heavy atom. The van der Waals surface area contributed by atoms with Crippen molar-refractivity contribution in [2.45, 2.75) is 44.8 Å². The number of carbonyl (C=O) groups is 3. The van der Waals surface area contributed by atoms with E-state index in [1.54, 1.807) is 6.07 Å². The van der Waals surface area contributed by atoms with E-state index < -0.39 is 23.8 Å². The minimum Gasteiger partial charge on any atom is -0.330 e. The molecule has 3 N–H and O–H groups in total. The predicted molar refractivity (Wildman–Crippen MR) is 99.9 cm³/mol. The molecule has 2 fully saturated rings. The highest BCUT2D eigenvalue weighted by molar-refractivity contribution is 6.05. The average Bonchev–Trinajstić information content (AvgIpc) is 3.24. The molecule has 1 aromatic rings. The number of hydrogen-bond donors (Lipinski definition) is 2. The fourth-order valence-electron chi connectivity index (χ4n) is 4.51. The summed E-state index contributed by atoms with van der Waals surface area (Å²) in [7, 11) is 0. The summed E-state index contributed by atoms with van der Waals surface area (Å²) in [6.45, 7) is 1.51. The molecular formula is C20H24F2N4O3. The van der Waals surface area contributed by atoms with Gasteiger partial charge in [0.05, 0.1) is 5.41 Å². The number of imide groups is 1. The molecule has 3 aliphatic heterocycles. The van der Waals surface area contributed by atoms with Crippen LogP contribution in [0, 0.1) is 5.41 Å². The first-order valence-corrected chi connectivity index (χ1v) is 9.80. The van der Waals surface area contributed by atoms with Crippen molar-refractivity contribution >= 4 is 17.7 Å². The molecule has 9 heteroatoms. The second-order valence-electron chi connectivity index (χ2n) is 8.22. The summed E-state index contributed by atoms with van der Waals surface area (Å²) in [5.74, 6) is -0.993. The number of rotatable bonds is 5. The number of fused-ring (bicyclic) bond motifs is 1. The molecule has 3 amide bonds. The summed E-state index contributed by atoms with van der Waals surface area (Å²) in [6.07, 6.45) is -1.57. The van der Waals surface area contributed by atoms with E-state index in [0.29, 0.717) is 38.0 Å². The van der Waals surface area contributed by atoms with Gasteiger partial charge in [-0.05, 0) is 36.6 Å². The van der Waals surface area contributed by atoms with Gasteiger partial charge in [0.25, 0.3) is 5.91 Å². The van der Waals surface area contributed by atoms with E-state index in [9.17, 15) is 23.2 Å². The van der Waals surface area contributed by atoms with E-state index in [1.807, 2.05) is 17.0 Å². The Morgan fingerprint density at radius 1 is 1.28 bits per heavy atom. The van der Waals surface area contributed by atoms with Gasteiger partial charge >= 0.3 is 0 Å². The van der Waals surface area contributed by atoms with Crippen LogP contribution >= 0.6 is 0 Å². The summed E-state index contributed by atoms with van der Waals surface area (Å²) in [5.41, 5.74) is 6.68. The van der Waals surface area contributed by atoms with E-state index in [2.05, 4.69) is 5.32 Å². The molecule has 4 rings (SSSR count). The number of halogens is 2. The molecule has 0 spiro atoms. The number of nitrogens with zero attached hydrogens (tertiary/aromatic N) is 2. The smallest absolute Gasteiger partial charge is 0.255 e. The summed E-state index contributed by atoms with van der Waals surface area (Å²) in [6, 6.07) is 4.89. The average molecular weight is 406 g/mol. The van der Waals surface area contributed by atoms with Gasteiger partial charge in [-0.1, -0.05) is 12.1 Å². The second-order valence-corrected chi connectivity index (χ2v) is 8.22. The summed E-state index contributed by atoms with van der Waals surface area (Å²) in [4.78, 5) is 39.8. The second kappa shape index (κ2) is 7.46. The first-order chi connectivity index (χ1) is 13.8. The quantitative estimate of drug-likeness (QED) is 0.708. The third kappa shape index (κ3) is 3.53. The Morgan fingerprint density at radius 2 is 2.07 bits per heavy atom. The Kier molecular flexibility index (Phi) is 5.12. The van der Waals surface area contributed by atoms with Crippen molar-refractivity contribution in [2.75, 3.05) is 19.6 Å². The molecular weight excluding hydrogens is 382 g/mol. The molecule has 0 aliphatic carbocycles. The third-order valence-corrected chi connectivity index (χ3v) is 6.33. The van der Waals surface area contributed by atoms with Crippen molar-refractivity contribution in [3.8, 4) is 0 Å². The number of piperidine rings is 1. The lowest BCUT2D eigenvalue weighted by Crippen LogP contribution is -2.52. The lowest BCUT2D eigenvalue weighted by Gasteiger charge is -2.29. The molecule has 0 bridgehead atoms. The Hall–Kier alpha value is -2.39. The van der Waals surface area contributed by atoms with Crippen LogP contribution in [0.15, 0.2) is 18.2 Å². The van der Waals surface area contributed by atoms with Gasteiger partial charge in [-0.25, -0.2) is 8.78 Å². The van der Waals surface area contributed by atoms with Crippen LogP contribution in [0.3, 0.4) is 0 Å². The molecule has 2 unspecified atom stereocenters. The number of hydrogen-bond acceptors (Lipinski definition) is 5. The molecule has 2 saturated heterocycles. The van der Waals surface area contributed by atoms with E-state index in [0.717, 1.165) is 11.1 Å². The van der Waals surface area contributed by atoms with E-state index in [1.165, 1.54) is 4.90 Å². The van der Waals surface area contributed by atoms with Gasteiger partial charge in [-0.15, -0.1) is 0 Å². The van der Waals surface area contributed by atoms with Gasteiger partial charge < -0.3 is 10.6 Å². The zero-order valence-electron chi connectivity index (χ0n) is 16.0. The molecule has 2 atom stereocenters. The molecule has 3 heterocycles. The minimum atomic E-state index is -2.46. The van der Waals surface area contributed by atoms with Crippen LogP contribution in [0.1, 0.15) is 40.7 Å². The summed E-state index contributed by atoms with van der Waals surface area (Å²) >= 11 is 0. The first-order valence-electron chi connectivity index (χ1n) is 9.80. The summed E-state index contributed by atoms with van der Waals surface area (Å²) in [5, 5.41) is 2.29. The maximum absolute atomic E-state index is 13.4. The first kappa shape index (κ1) is 19.9. The molecule has 156 valence electrons. The van der Waals surface area contributed by atoms with E-state index in [4.69, 9.17) is 5.73 Å². The van der Waals surface area contributed by atoms with Gasteiger partial charge in [0.15, 0.2) is 0 Å². The number of nitrogens with one attached hydrogen (secondary N) is 1. The highest BCUT2D eigenvalue weighted by Gasteiger charge is 2.45. The van der Waals surface area contributed by atoms with Crippen molar-refractivity contribution in [1.29, 1.82) is 0 Å². The van der Waals surface area contributed by atoms with Crippen LogP contribution in [-0.4, -0.2) is 59.6 Å². The number of nitrogens with two attached hydrogens (primary N) is 1.